The lowest BCUT2D eigenvalue weighted by atomic mass is 9.84. The monoisotopic (exact) mass is 327 g/mol. The standard InChI is InChI=1S/C15H26BrN3/c1-4-11-6-8-12(9-7-11)17-10-14-15(16)13(5-2)18-19(14)3/h11-12,17H,4-10H2,1-3H3. The van der Waals surface area contributed by atoms with E-state index in [9.17, 15) is 0 Å². The summed E-state index contributed by atoms with van der Waals surface area (Å²) in [5.41, 5.74) is 2.43. The molecule has 0 saturated heterocycles. The van der Waals surface area contributed by atoms with Crippen molar-refractivity contribution in [3.63, 3.8) is 0 Å². The molecule has 0 aromatic carbocycles. The Labute approximate surface area is 125 Å². The zero-order chi connectivity index (χ0) is 13.8. The molecule has 1 N–H and O–H groups in total. The van der Waals surface area contributed by atoms with Crippen molar-refractivity contribution in [3.05, 3.63) is 15.9 Å². The molecule has 3 nitrogen and oxygen atoms in total. The predicted octanol–water partition coefficient (Wildman–Crippen LogP) is 3.80. The van der Waals surface area contributed by atoms with E-state index in [2.05, 4.69) is 40.2 Å². The van der Waals surface area contributed by atoms with Gasteiger partial charge in [-0.05, 0) is 54.0 Å². The van der Waals surface area contributed by atoms with E-state index in [1.807, 2.05) is 11.7 Å². The van der Waals surface area contributed by atoms with Crippen molar-refractivity contribution < 1.29 is 0 Å². The third-order valence-electron chi connectivity index (χ3n) is 4.49. The number of rotatable bonds is 5. The van der Waals surface area contributed by atoms with Crippen LogP contribution in [-0.4, -0.2) is 15.8 Å². The van der Waals surface area contributed by atoms with E-state index >= 15 is 0 Å². The van der Waals surface area contributed by atoms with Gasteiger partial charge < -0.3 is 5.32 Å². The van der Waals surface area contributed by atoms with Crippen LogP contribution in [0.25, 0.3) is 0 Å². The van der Waals surface area contributed by atoms with Crippen molar-refractivity contribution in [2.24, 2.45) is 13.0 Å². The van der Waals surface area contributed by atoms with Crippen LogP contribution in [0.4, 0.5) is 0 Å². The maximum absolute atomic E-state index is 4.55. The Bertz CT molecular complexity index is 406. The smallest absolute Gasteiger partial charge is 0.0767 e. The Morgan fingerprint density at radius 1 is 1.26 bits per heavy atom. The molecule has 1 heterocycles. The average Bonchev–Trinajstić information content (AvgIpc) is 2.72. The van der Waals surface area contributed by atoms with Crippen LogP contribution < -0.4 is 5.32 Å². The van der Waals surface area contributed by atoms with Gasteiger partial charge in [-0.25, -0.2) is 0 Å². The Morgan fingerprint density at radius 3 is 2.47 bits per heavy atom. The summed E-state index contributed by atoms with van der Waals surface area (Å²) < 4.78 is 3.19. The molecule has 0 unspecified atom stereocenters. The summed E-state index contributed by atoms with van der Waals surface area (Å²) in [6.45, 7) is 5.39. The van der Waals surface area contributed by atoms with E-state index in [1.165, 1.54) is 42.3 Å². The second kappa shape index (κ2) is 6.89. The molecule has 0 bridgehead atoms. The summed E-state index contributed by atoms with van der Waals surface area (Å²) in [6.07, 6.45) is 7.76. The van der Waals surface area contributed by atoms with Gasteiger partial charge in [0.25, 0.3) is 0 Å². The largest absolute Gasteiger partial charge is 0.308 e. The minimum absolute atomic E-state index is 0.690. The molecule has 0 radical (unpaired) electrons. The van der Waals surface area contributed by atoms with Gasteiger partial charge in [-0.2, -0.15) is 5.10 Å². The summed E-state index contributed by atoms with van der Waals surface area (Å²) in [4.78, 5) is 0. The first-order valence-electron chi connectivity index (χ1n) is 7.59. The summed E-state index contributed by atoms with van der Waals surface area (Å²) in [5.74, 6) is 0.966. The van der Waals surface area contributed by atoms with Crippen LogP contribution >= 0.6 is 15.9 Å². The van der Waals surface area contributed by atoms with Crippen molar-refractivity contribution in [1.82, 2.24) is 15.1 Å². The summed E-state index contributed by atoms with van der Waals surface area (Å²) in [7, 11) is 2.04. The first kappa shape index (κ1) is 15.0. The molecule has 1 aromatic heterocycles. The molecule has 4 heteroatoms. The molecule has 0 spiro atoms. The molecule has 1 fully saturated rings. The number of halogens is 1. The first-order valence-corrected chi connectivity index (χ1v) is 8.38. The average molecular weight is 328 g/mol. The Kier molecular flexibility index (Phi) is 5.46. The molecule has 0 aliphatic heterocycles. The van der Waals surface area contributed by atoms with Crippen LogP contribution in [0.1, 0.15) is 57.3 Å². The highest BCUT2D eigenvalue weighted by Gasteiger charge is 2.20. The molecule has 0 atom stereocenters. The van der Waals surface area contributed by atoms with E-state index in [0.29, 0.717) is 6.04 Å². The third-order valence-corrected chi connectivity index (χ3v) is 5.40. The van der Waals surface area contributed by atoms with Crippen LogP contribution in [0.15, 0.2) is 4.47 Å². The van der Waals surface area contributed by atoms with E-state index in [-0.39, 0.29) is 0 Å². The molecule has 0 amide bonds. The van der Waals surface area contributed by atoms with Gasteiger partial charge in [-0.1, -0.05) is 20.3 Å². The topological polar surface area (TPSA) is 29.9 Å². The zero-order valence-electron chi connectivity index (χ0n) is 12.4. The van der Waals surface area contributed by atoms with Gasteiger partial charge in [-0.15, -0.1) is 0 Å². The molecule has 1 aromatic rings. The highest BCUT2D eigenvalue weighted by molar-refractivity contribution is 9.10. The zero-order valence-corrected chi connectivity index (χ0v) is 14.0. The second-order valence-corrected chi connectivity index (χ2v) is 6.48. The molecule has 1 aliphatic rings. The second-order valence-electron chi connectivity index (χ2n) is 5.69. The number of aryl methyl sites for hydroxylation is 2. The van der Waals surface area contributed by atoms with Crippen molar-refractivity contribution in [3.8, 4) is 0 Å². The SMILES string of the molecule is CCc1nn(C)c(CNC2CCC(CC)CC2)c1Br. The molecule has 19 heavy (non-hydrogen) atoms. The number of aromatic nitrogens is 2. The lowest BCUT2D eigenvalue weighted by Crippen LogP contribution is -2.33. The number of nitrogens with zero attached hydrogens (tertiary/aromatic N) is 2. The molecular weight excluding hydrogens is 302 g/mol. The predicted molar refractivity (Wildman–Crippen MR) is 83.2 cm³/mol. The van der Waals surface area contributed by atoms with Crippen molar-refractivity contribution in [2.45, 2.75) is 65.0 Å². The normalized spacial score (nSPS) is 23.8. The first-order chi connectivity index (χ1) is 9.15. The summed E-state index contributed by atoms with van der Waals surface area (Å²) in [6, 6.07) is 0.690. The van der Waals surface area contributed by atoms with Gasteiger partial charge in [0.1, 0.15) is 0 Å². The highest BCUT2D eigenvalue weighted by Crippen LogP contribution is 2.27. The Morgan fingerprint density at radius 2 is 1.95 bits per heavy atom. The Balaban J connectivity index is 1.88. The van der Waals surface area contributed by atoms with Crippen molar-refractivity contribution in [1.29, 1.82) is 0 Å². The fourth-order valence-corrected chi connectivity index (χ4v) is 3.78. The quantitative estimate of drug-likeness (QED) is 0.891. The molecule has 2 rings (SSSR count). The maximum Gasteiger partial charge on any atom is 0.0767 e. The fraction of sp³-hybridized carbons (Fsp3) is 0.800. The van der Waals surface area contributed by atoms with Crippen molar-refractivity contribution in [2.75, 3.05) is 0 Å². The number of hydrogen-bond acceptors (Lipinski definition) is 2. The molecule has 1 aliphatic carbocycles. The summed E-state index contributed by atoms with van der Waals surface area (Å²) >= 11 is 3.68. The fourth-order valence-electron chi connectivity index (χ4n) is 3.03. The van der Waals surface area contributed by atoms with Crippen LogP contribution in [-0.2, 0) is 20.0 Å². The van der Waals surface area contributed by atoms with Crippen LogP contribution in [0.2, 0.25) is 0 Å². The minimum Gasteiger partial charge on any atom is -0.308 e. The van der Waals surface area contributed by atoms with Gasteiger partial charge in [0, 0.05) is 19.6 Å². The van der Waals surface area contributed by atoms with Gasteiger partial charge in [0.05, 0.1) is 15.9 Å². The lowest BCUT2D eigenvalue weighted by Gasteiger charge is -2.28. The molecular formula is C15H26BrN3. The van der Waals surface area contributed by atoms with E-state index < -0.39 is 0 Å². The van der Waals surface area contributed by atoms with Gasteiger partial charge in [-0.3, -0.25) is 4.68 Å². The number of nitrogens with one attached hydrogen (secondary N) is 1. The molecule has 1 saturated carbocycles. The summed E-state index contributed by atoms with van der Waals surface area (Å²) in [5, 5.41) is 8.26. The minimum atomic E-state index is 0.690. The van der Waals surface area contributed by atoms with Gasteiger partial charge >= 0.3 is 0 Å². The van der Waals surface area contributed by atoms with E-state index in [1.54, 1.807) is 0 Å². The van der Waals surface area contributed by atoms with E-state index in [4.69, 9.17) is 0 Å². The van der Waals surface area contributed by atoms with Gasteiger partial charge in [0.15, 0.2) is 0 Å². The highest BCUT2D eigenvalue weighted by atomic mass is 79.9. The Hall–Kier alpha value is -0.350. The van der Waals surface area contributed by atoms with Crippen LogP contribution in [0.3, 0.4) is 0 Å². The van der Waals surface area contributed by atoms with Gasteiger partial charge in [0.2, 0.25) is 0 Å². The van der Waals surface area contributed by atoms with Crippen LogP contribution in [0, 0.1) is 5.92 Å². The maximum atomic E-state index is 4.55. The number of hydrogen-bond donors (Lipinski definition) is 1. The molecule has 108 valence electrons. The van der Waals surface area contributed by atoms with Crippen LogP contribution in [0.5, 0.6) is 0 Å². The third kappa shape index (κ3) is 3.60. The lowest BCUT2D eigenvalue weighted by molar-refractivity contribution is 0.284. The van der Waals surface area contributed by atoms with Crippen molar-refractivity contribution >= 4 is 15.9 Å². The van der Waals surface area contributed by atoms with E-state index in [0.717, 1.165) is 24.6 Å².